The molecular weight excluding hydrogens is 224 g/mol. The Balaban J connectivity index is 1.79. The van der Waals surface area contributed by atoms with Gasteiger partial charge in [-0.2, -0.15) is 0 Å². The van der Waals surface area contributed by atoms with E-state index in [0.29, 0.717) is 12.5 Å². The third-order valence-electron chi connectivity index (χ3n) is 3.01. The van der Waals surface area contributed by atoms with Crippen molar-refractivity contribution in [3.05, 3.63) is 54.8 Å². The van der Waals surface area contributed by atoms with Crippen molar-refractivity contribution in [2.24, 2.45) is 0 Å². The molecule has 1 N–H and O–H groups in total. The van der Waals surface area contributed by atoms with E-state index in [0.717, 1.165) is 12.1 Å². The van der Waals surface area contributed by atoms with Crippen LogP contribution in [0.3, 0.4) is 0 Å². The lowest BCUT2D eigenvalue weighted by molar-refractivity contribution is -0.116. The van der Waals surface area contributed by atoms with Crippen molar-refractivity contribution >= 4 is 11.6 Å². The molecule has 1 aromatic carbocycles. The second-order valence-corrected chi connectivity index (χ2v) is 4.41. The third kappa shape index (κ3) is 3.48. The highest BCUT2D eigenvalue weighted by Gasteiger charge is 2.12. The first-order valence-electron chi connectivity index (χ1n) is 6.17. The Bertz CT molecular complexity index is 451. The van der Waals surface area contributed by atoms with E-state index in [9.17, 15) is 4.79 Å². The minimum absolute atomic E-state index is 0.0672. The molecule has 0 saturated heterocycles. The summed E-state index contributed by atoms with van der Waals surface area (Å²) in [6.45, 7) is 0. The fourth-order valence-electron chi connectivity index (χ4n) is 1.95. The molecule has 0 spiro atoms. The monoisotopic (exact) mass is 242 g/mol. The predicted octanol–water partition coefficient (Wildman–Crippen LogP) is 2.79. The molecule has 1 atom stereocenters. The fraction of sp³-hybridized carbons (Fsp3) is 0.267. The Kier molecular flexibility index (Phi) is 4.18. The minimum Gasteiger partial charge on any atom is -0.374 e. The summed E-state index contributed by atoms with van der Waals surface area (Å²) < 4.78 is 0. The van der Waals surface area contributed by atoms with Gasteiger partial charge in [-0.1, -0.05) is 30.4 Å². The van der Waals surface area contributed by atoms with Crippen LogP contribution in [-0.4, -0.2) is 23.9 Å². The molecule has 1 unspecified atom stereocenters. The first kappa shape index (κ1) is 12.4. The van der Waals surface area contributed by atoms with Gasteiger partial charge < -0.3 is 10.2 Å². The van der Waals surface area contributed by atoms with Gasteiger partial charge in [0.15, 0.2) is 0 Å². The highest BCUT2D eigenvalue weighted by Crippen LogP contribution is 2.13. The van der Waals surface area contributed by atoms with E-state index >= 15 is 0 Å². The van der Waals surface area contributed by atoms with Crippen molar-refractivity contribution in [3.8, 4) is 0 Å². The number of hydrogen-bond donors (Lipinski definition) is 1. The quantitative estimate of drug-likeness (QED) is 0.880. The Morgan fingerprint density at radius 1 is 1.28 bits per heavy atom. The average molecular weight is 242 g/mol. The van der Waals surface area contributed by atoms with E-state index in [1.165, 1.54) is 0 Å². The molecule has 1 aromatic rings. The van der Waals surface area contributed by atoms with Crippen LogP contribution in [0.5, 0.6) is 0 Å². The average Bonchev–Trinajstić information content (AvgIpc) is 2.39. The van der Waals surface area contributed by atoms with Crippen LogP contribution in [0, 0.1) is 0 Å². The molecule has 1 heterocycles. The molecule has 1 amide bonds. The normalized spacial score (nSPS) is 17.8. The molecule has 1 aliphatic heterocycles. The molecule has 0 aromatic heterocycles. The molecule has 0 bridgehead atoms. The Hall–Kier alpha value is -2.03. The summed E-state index contributed by atoms with van der Waals surface area (Å²) in [6, 6.07) is 9.87. The molecule has 0 radical (unpaired) electrons. The number of nitrogens with one attached hydrogen (secondary N) is 1. The number of benzene rings is 1. The molecule has 2 rings (SSSR count). The SMILES string of the molecule is CN1C=CC=CC1CCC(=O)Nc1ccccc1. The number of carbonyl (C=O) groups excluding carboxylic acids is 1. The van der Waals surface area contributed by atoms with E-state index in [-0.39, 0.29) is 5.91 Å². The van der Waals surface area contributed by atoms with Gasteiger partial charge in [0.2, 0.25) is 5.91 Å². The number of carbonyl (C=O) groups is 1. The number of hydrogen-bond acceptors (Lipinski definition) is 2. The zero-order valence-corrected chi connectivity index (χ0v) is 10.5. The molecule has 0 aliphatic carbocycles. The number of amides is 1. The van der Waals surface area contributed by atoms with Gasteiger partial charge in [0, 0.05) is 25.2 Å². The largest absolute Gasteiger partial charge is 0.374 e. The fourth-order valence-corrected chi connectivity index (χ4v) is 1.95. The van der Waals surface area contributed by atoms with Crippen molar-refractivity contribution in [3.63, 3.8) is 0 Å². The maximum Gasteiger partial charge on any atom is 0.224 e. The van der Waals surface area contributed by atoms with Crippen molar-refractivity contribution in [2.45, 2.75) is 18.9 Å². The second kappa shape index (κ2) is 6.05. The predicted molar refractivity (Wildman–Crippen MR) is 74.1 cm³/mol. The first-order chi connectivity index (χ1) is 8.75. The number of nitrogens with zero attached hydrogens (tertiary/aromatic N) is 1. The van der Waals surface area contributed by atoms with E-state index in [4.69, 9.17) is 0 Å². The molecule has 94 valence electrons. The lowest BCUT2D eigenvalue weighted by Gasteiger charge is -2.25. The summed E-state index contributed by atoms with van der Waals surface area (Å²) in [7, 11) is 2.03. The van der Waals surface area contributed by atoms with Gasteiger partial charge >= 0.3 is 0 Å². The van der Waals surface area contributed by atoms with Crippen molar-refractivity contribution in [2.75, 3.05) is 12.4 Å². The Morgan fingerprint density at radius 2 is 2.06 bits per heavy atom. The lowest BCUT2D eigenvalue weighted by Crippen LogP contribution is -2.28. The van der Waals surface area contributed by atoms with Gasteiger partial charge in [0.25, 0.3) is 0 Å². The summed E-state index contributed by atoms with van der Waals surface area (Å²) in [6.07, 6.45) is 9.54. The van der Waals surface area contributed by atoms with Gasteiger partial charge in [-0.25, -0.2) is 0 Å². The number of likely N-dealkylation sites (N-methyl/N-ethyl adjacent to an activating group) is 1. The van der Waals surface area contributed by atoms with Crippen LogP contribution in [0.15, 0.2) is 54.8 Å². The summed E-state index contributed by atoms with van der Waals surface area (Å²) >= 11 is 0. The molecule has 3 nitrogen and oxygen atoms in total. The van der Waals surface area contributed by atoms with Crippen molar-refractivity contribution < 1.29 is 4.79 Å². The molecule has 18 heavy (non-hydrogen) atoms. The van der Waals surface area contributed by atoms with Gasteiger partial charge in [0.1, 0.15) is 0 Å². The van der Waals surface area contributed by atoms with Gasteiger partial charge in [-0.05, 0) is 30.8 Å². The van der Waals surface area contributed by atoms with E-state index in [1.54, 1.807) is 0 Å². The zero-order chi connectivity index (χ0) is 12.8. The van der Waals surface area contributed by atoms with Gasteiger partial charge in [-0.15, -0.1) is 0 Å². The maximum atomic E-state index is 11.8. The standard InChI is InChI=1S/C15H18N2O/c1-17-12-6-5-9-14(17)10-11-15(18)16-13-7-3-2-4-8-13/h2-9,12,14H,10-11H2,1H3,(H,16,18). The summed E-state index contributed by atoms with van der Waals surface area (Å²) in [5.41, 5.74) is 0.856. The smallest absolute Gasteiger partial charge is 0.224 e. The van der Waals surface area contributed by atoms with Crippen LogP contribution in [-0.2, 0) is 4.79 Å². The topological polar surface area (TPSA) is 32.3 Å². The molecule has 0 fully saturated rings. The third-order valence-corrected chi connectivity index (χ3v) is 3.01. The van der Waals surface area contributed by atoms with Crippen LogP contribution in [0.2, 0.25) is 0 Å². The zero-order valence-electron chi connectivity index (χ0n) is 10.5. The van der Waals surface area contributed by atoms with Crippen LogP contribution < -0.4 is 5.32 Å². The summed E-state index contributed by atoms with van der Waals surface area (Å²) in [4.78, 5) is 13.9. The summed E-state index contributed by atoms with van der Waals surface area (Å²) in [5, 5.41) is 2.90. The number of rotatable bonds is 4. The Morgan fingerprint density at radius 3 is 2.78 bits per heavy atom. The van der Waals surface area contributed by atoms with Crippen LogP contribution >= 0.6 is 0 Å². The van der Waals surface area contributed by atoms with Crippen molar-refractivity contribution in [1.82, 2.24) is 4.90 Å². The van der Waals surface area contributed by atoms with Gasteiger partial charge in [-0.3, -0.25) is 4.79 Å². The molecule has 3 heteroatoms. The van der Waals surface area contributed by atoms with E-state index in [2.05, 4.69) is 16.3 Å². The highest BCUT2D eigenvalue weighted by atomic mass is 16.1. The van der Waals surface area contributed by atoms with Crippen LogP contribution in [0.1, 0.15) is 12.8 Å². The van der Waals surface area contributed by atoms with E-state index < -0.39 is 0 Å². The number of para-hydroxylation sites is 1. The lowest BCUT2D eigenvalue weighted by atomic mass is 10.1. The van der Waals surface area contributed by atoms with Crippen LogP contribution in [0.25, 0.3) is 0 Å². The molecule has 1 aliphatic rings. The maximum absolute atomic E-state index is 11.8. The molecular formula is C15H18N2O. The second-order valence-electron chi connectivity index (χ2n) is 4.41. The van der Waals surface area contributed by atoms with E-state index in [1.807, 2.05) is 55.7 Å². The minimum atomic E-state index is 0.0672. The van der Waals surface area contributed by atoms with Crippen molar-refractivity contribution in [1.29, 1.82) is 0 Å². The number of anilines is 1. The Labute approximate surface area is 108 Å². The first-order valence-corrected chi connectivity index (χ1v) is 6.17. The number of allylic oxidation sites excluding steroid dienone is 2. The highest BCUT2D eigenvalue weighted by molar-refractivity contribution is 5.90. The summed E-state index contributed by atoms with van der Waals surface area (Å²) in [5.74, 6) is 0.0672. The molecule has 0 saturated carbocycles. The van der Waals surface area contributed by atoms with Gasteiger partial charge in [0.05, 0.1) is 0 Å². The van der Waals surface area contributed by atoms with Crippen LogP contribution in [0.4, 0.5) is 5.69 Å².